The molecule has 0 amide bonds. The van der Waals surface area contributed by atoms with Crippen molar-refractivity contribution in [2.45, 2.75) is 6.54 Å². The zero-order valence-corrected chi connectivity index (χ0v) is 11.3. The third kappa shape index (κ3) is 2.34. The van der Waals surface area contributed by atoms with Crippen LogP contribution in [0.4, 0.5) is 0 Å². The molecule has 6 heteroatoms. The Kier molecular flexibility index (Phi) is 3.00. The molecule has 0 spiro atoms. The zero-order valence-electron chi connectivity index (χ0n) is 9.71. The molecule has 0 fully saturated rings. The van der Waals surface area contributed by atoms with E-state index in [-0.39, 0.29) is 5.69 Å². The fraction of sp³-hybridized carbons (Fsp3) is 0.0769. The number of pyridine rings is 1. The van der Waals surface area contributed by atoms with Gasteiger partial charge in [-0.25, -0.2) is 9.78 Å². The molecule has 4 nitrogen and oxygen atoms in total. The molecule has 0 aliphatic heterocycles. The van der Waals surface area contributed by atoms with Crippen LogP contribution in [-0.2, 0) is 6.54 Å². The summed E-state index contributed by atoms with van der Waals surface area (Å²) < 4.78 is 2.79. The molecule has 3 aromatic heterocycles. The predicted octanol–water partition coefficient (Wildman–Crippen LogP) is 3.50. The molecule has 0 aromatic carbocycles. The minimum atomic E-state index is -1.01. The number of nitrogens with zero attached hydrogens (tertiary/aromatic N) is 2. The van der Waals surface area contributed by atoms with Crippen LogP contribution in [0.1, 0.15) is 15.4 Å². The number of hydrogen-bond acceptors (Lipinski definition) is 3. The Labute approximate surface area is 117 Å². The van der Waals surface area contributed by atoms with Gasteiger partial charge in [0.1, 0.15) is 5.69 Å². The van der Waals surface area contributed by atoms with Crippen molar-refractivity contribution < 1.29 is 9.90 Å². The fourth-order valence-corrected chi connectivity index (χ4v) is 3.03. The molecule has 0 bridgehead atoms. The van der Waals surface area contributed by atoms with Crippen molar-refractivity contribution >= 4 is 39.8 Å². The molecule has 0 saturated carbocycles. The molecule has 0 unspecified atom stereocenters. The van der Waals surface area contributed by atoms with Gasteiger partial charge in [-0.15, -0.1) is 11.3 Å². The quantitative estimate of drug-likeness (QED) is 0.804. The largest absolute Gasteiger partial charge is 0.477 e. The summed E-state index contributed by atoms with van der Waals surface area (Å²) in [5.41, 5.74) is 0.971. The van der Waals surface area contributed by atoms with E-state index in [4.69, 9.17) is 16.7 Å². The molecule has 3 rings (SSSR count). The number of carboxylic acid groups (broad SMARTS) is 1. The number of hydrogen-bond donors (Lipinski definition) is 1. The van der Waals surface area contributed by atoms with Crippen LogP contribution in [0, 0.1) is 0 Å². The molecule has 3 aromatic rings. The molecule has 1 N–H and O–H groups in total. The van der Waals surface area contributed by atoms with Crippen LogP contribution in [0.25, 0.3) is 10.9 Å². The first-order valence-electron chi connectivity index (χ1n) is 5.56. The second-order valence-corrected chi connectivity index (χ2v) is 5.88. The van der Waals surface area contributed by atoms with Gasteiger partial charge in [0.25, 0.3) is 0 Å². The highest BCUT2D eigenvalue weighted by atomic mass is 35.5. The van der Waals surface area contributed by atoms with Crippen molar-refractivity contribution in [3.63, 3.8) is 0 Å². The maximum atomic E-state index is 10.9. The van der Waals surface area contributed by atoms with Crippen molar-refractivity contribution in [3.8, 4) is 0 Å². The first kappa shape index (κ1) is 12.2. The topological polar surface area (TPSA) is 55.1 Å². The second-order valence-electron chi connectivity index (χ2n) is 4.08. The van der Waals surface area contributed by atoms with Crippen LogP contribution >= 0.6 is 22.9 Å². The van der Waals surface area contributed by atoms with E-state index in [1.165, 1.54) is 11.3 Å². The summed E-state index contributed by atoms with van der Waals surface area (Å²) in [6.07, 6.45) is 3.51. The lowest BCUT2D eigenvalue weighted by Gasteiger charge is -2.03. The van der Waals surface area contributed by atoms with Crippen molar-refractivity contribution in [3.05, 3.63) is 51.6 Å². The number of fused-ring (bicyclic) bond motifs is 1. The summed E-state index contributed by atoms with van der Waals surface area (Å²) >= 11 is 7.44. The number of halogens is 1. The normalized spacial score (nSPS) is 11.0. The fourth-order valence-electron chi connectivity index (χ4n) is 1.95. The van der Waals surface area contributed by atoms with Crippen LogP contribution in [0.15, 0.2) is 36.7 Å². The Balaban J connectivity index is 1.99. The van der Waals surface area contributed by atoms with Crippen LogP contribution in [0.2, 0.25) is 4.34 Å². The van der Waals surface area contributed by atoms with E-state index in [2.05, 4.69) is 4.98 Å². The highest BCUT2D eigenvalue weighted by molar-refractivity contribution is 7.16. The van der Waals surface area contributed by atoms with Gasteiger partial charge in [0.15, 0.2) is 0 Å². The Hall–Kier alpha value is -1.85. The number of carbonyl (C=O) groups is 1. The van der Waals surface area contributed by atoms with Crippen molar-refractivity contribution in [1.82, 2.24) is 9.55 Å². The summed E-state index contributed by atoms with van der Waals surface area (Å²) in [6, 6.07) is 7.32. The summed E-state index contributed by atoms with van der Waals surface area (Å²) in [4.78, 5) is 15.9. The van der Waals surface area contributed by atoms with Gasteiger partial charge < -0.3 is 9.67 Å². The van der Waals surface area contributed by atoms with E-state index < -0.39 is 5.97 Å². The van der Waals surface area contributed by atoms with E-state index >= 15 is 0 Å². The molecular weight excluding hydrogens is 284 g/mol. The van der Waals surface area contributed by atoms with Gasteiger partial charge >= 0.3 is 5.97 Å². The Bertz CT molecular complexity index is 763. The minimum absolute atomic E-state index is 0.0596. The lowest BCUT2D eigenvalue weighted by atomic mass is 10.2. The third-order valence-corrected chi connectivity index (χ3v) is 4.05. The van der Waals surface area contributed by atoms with E-state index in [0.29, 0.717) is 6.54 Å². The van der Waals surface area contributed by atoms with Gasteiger partial charge in [-0.3, -0.25) is 0 Å². The molecule has 0 aliphatic carbocycles. The van der Waals surface area contributed by atoms with E-state index in [0.717, 1.165) is 20.1 Å². The summed E-state index contributed by atoms with van der Waals surface area (Å²) in [5, 5.41) is 9.78. The second kappa shape index (κ2) is 4.68. The first-order chi connectivity index (χ1) is 9.13. The number of carboxylic acids is 1. The Morgan fingerprint density at radius 1 is 1.42 bits per heavy atom. The minimum Gasteiger partial charge on any atom is -0.477 e. The van der Waals surface area contributed by atoms with Crippen LogP contribution in [0.3, 0.4) is 0 Å². The first-order valence-corrected chi connectivity index (χ1v) is 6.75. The zero-order chi connectivity index (χ0) is 13.4. The third-order valence-electron chi connectivity index (χ3n) is 2.83. The molecule has 96 valence electrons. The van der Waals surface area contributed by atoms with Gasteiger partial charge in [0.05, 0.1) is 22.6 Å². The molecular formula is C13H9ClN2O2S. The number of aromatic nitrogens is 2. The summed E-state index contributed by atoms with van der Waals surface area (Å²) in [7, 11) is 0. The van der Waals surface area contributed by atoms with Gasteiger partial charge in [-0.05, 0) is 24.3 Å². The lowest BCUT2D eigenvalue weighted by Crippen LogP contribution is -2.00. The van der Waals surface area contributed by atoms with Crippen molar-refractivity contribution in [2.24, 2.45) is 0 Å². The van der Waals surface area contributed by atoms with Crippen LogP contribution in [-0.4, -0.2) is 20.6 Å². The summed E-state index contributed by atoms with van der Waals surface area (Å²) in [5.74, 6) is -1.01. The van der Waals surface area contributed by atoms with Gasteiger partial charge in [-0.1, -0.05) is 11.6 Å². The molecule has 0 saturated heterocycles. The van der Waals surface area contributed by atoms with Gasteiger partial charge in [0.2, 0.25) is 0 Å². The average Bonchev–Trinajstić information content (AvgIpc) is 2.96. The maximum Gasteiger partial charge on any atom is 0.354 e. The molecule has 0 radical (unpaired) electrons. The van der Waals surface area contributed by atoms with Crippen LogP contribution in [0.5, 0.6) is 0 Å². The highest BCUT2D eigenvalue weighted by Gasteiger charge is 2.09. The summed E-state index contributed by atoms with van der Waals surface area (Å²) in [6.45, 7) is 0.703. The number of thiophene rings is 1. The number of aromatic carboxylic acids is 1. The van der Waals surface area contributed by atoms with Gasteiger partial charge in [0, 0.05) is 16.5 Å². The highest BCUT2D eigenvalue weighted by Crippen LogP contribution is 2.24. The van der Waals surface area contributed by atoms with E-state index in [1.807, 2.05) is 29.0 Å². The lowest BCUT2D eigenvalue weighted by molar-refractivity contribution is 0.0690. The molecule has 0 aliphatic rings. The average molecular weight is 293 g/mol. The molecule has 0 atom stereocenters. The van der Waals surface area contributed by atoms with E-state index in [9.17, 15) is 4.79 Å². The van der Waals surface area contributed by atoms with Gasteiger partial charge in [-0.2, -0.15) is 0 Å². The predicted molar refractivity (Wildman–Crippen MR) is 75.1 cm³/mol. The van der Waals surface area contributed by atoms with E-state index in [1.54, 1.807) is 12.3 Å². The Morgan fingerprint density at radius 2 is 2.26 bits per heavy atom. The Morgan fingerprint density at radius 3 is 2.95 bits per heavy atom. The van der Waals surface area contributed by atoms with Crippen LogP contribution < -0.4 is 0 Å². The van der Waals surface area contributed by atoms with Crippen molar-refractivity contribution in [1.29, 1.82) is 0 Å². The molecule has 19 heavy (non-hydrogen) atoms. The molecule has 3 heterocycles. The smallest absolute Gasteiger partial charge is 0.354 e. The van der Waals surface area contributed by atoms with Crippen molar-refractivity contribution in [2.75, 3.05) is 0 Å². The SMILES string of the molecule is O=C(O)c1cc2ccn(Cc3ccc(Cl)s3)c2cn1. The number of rotatable bonds is 3. The standard InChI is InChI=1S/C13H9ClN2O2S/c14-12-2-1-9(19-12)7-16-4-3-8-5-10(13(17)18)15-6-11(8)16/h1-6H,7H2,(H,17,18). The monoisotopic (exact) mass is 292 g/mol. The maximum absolute atomic E-state index is 10.9.